The third-order valence-electron chi connectivity index (χ3n) is 14.9. The summed E-state index contributed by atoms with van der Waals surface area (Å²) in [6.45, 7) is 13.7. The van der Waals surface area contributed by atoms with Gasteiger partial charge in [-0.25, -0.2) is 0 Å². The van der Waals surface area contributed by atoms with Gasteiger partial charge in [0.25, 0.3) is 0 Å². The van der Waals surface area contributed by atoms with Gasteiger partial charge >= 0.3 is 0 Å². The standard InChI is InChI=1S/C69H52N2O2/c1-43-18-16-19-50(42-72-63-28-14-12-24-55(43)63)51-38-44(2)67(45(3)39-51)70(53-20-8-6-9-21-53)61-36-32-48-31-35-60-62(37-33-49-30-34-59(61)65(48)66(49)60)71(54-22-10-7-11-23-54)68-46(4)40-52(41-47(68)5)56-26-17-27-58-57-25-13-15-29-64(57)73-69(56)58/h6-41H,1,42H2,2-5H3/b18-16-,50-19+. The molecular weight excluding hydrogens is 889 g/mol. The minimum Gasteiger partial charge on any atom is -0.488 e. The molecule has 13 rings (SSSR count). The summed E-state index contributed by atoms with van der Waals surface area (Å²) in [7, 11) is 0. The van der Waals surface area contributed by atoms with Crippen molar-refractivity contribution in [3.63, 3.8) is 0 Å². The molecule has 4 nitrogen and oxygen atoms in total. The molecule has 2 heterocycles. The van der Waals surface area contributed by atoms with Crippen molar-refractivity contribution in [1.82, 2.24) is 0 Å². The van der Waals surface area contributed by atoms with E-state index < -0.39 is 0 Å². The predicted molar refractivity (Wildman–Crippen MR) is 309 cm³/mol. The van der Waals surface area contributed by atoms with Crippen LogP contribution in [0.1, 0.15) is 33.4 Å². The van der Waals surface area contributed by atoms with Crippen molar-refractivity contribution in [2.45, 2.75) is 27.7 Å². The molecule has 0 spiro atoms. The summed E-state index contributed by atoms with van der Waals surface area (Å²) in [5.74, 6) is 0.840. The maximum Gasteiger partial charge on any atom is 0.143 e. The molecule has 1 aliphatic rings. The van der Waals surface area contributed by atoms with Crippen LogP contribution in [0.5, 0.6) is 5.75 Å². The number of furan rings is 1. The lowest BCUT2D eigenvalue weighted by molar-refractivity contribution is 0.369. The molecule has 0 fully saturated rings. The molecule has 1 aliphatic heterocycles. The predicted octanol–water partition coefficient (Wildman–Crippen LogP) is 19.4. The molecule has 11 aromatic carbocycles. The van der Waals surface area contributed by atoms with Crippen molar-refractivity contribution in [2.24, 2.45) is 0 Å². The van der Waals surface area contributed by atoms with Gasteiger partial charge in [0.2, 0.25) is 0 Å². The zero-order chi connectivity index (χ0) is 49.3. The van der Waals surface area contributed by atoms with Crippen molar-refractivity contribution in [3.8, 4) is 16.9 Å². The summed E-state index contributed by atoms with van der Waals surface area (Å²) in [5.41, 5.74) is 19.7. The van der Waals surface area contributed by atoms with E-state index in [4.69, 9.17) is 9.15 Å². The van der Waals surface area contributed by atoms with Crippen molar-refractivity contribution in [2.75, 3.05) is 16.4 Å². The highest BCUT2D eigenvalue weighted by atomic mass is 16.5. The van der Waals surface area contributed by atoms with Crippen LogP contribution in [0.2, 0.25) is 0 Å². The smallest absolute Gasteiger partial charge is 0.143 e. The number of hydrogen-bond donors (Lipinski definition) is 0. The highest BCUT2D eigenvalue weighted by Crippen LogP contribution is 2.50. The molecule has 0 bridgehead atoms. The highest BCUT2D eigenvalue weighted by molar-refractivity contribution is 6.28. The second-order valence-corrected chi connectivity index (χ2v) is 19.5. The van der Waals surface area contributed by atoms with E-state index in [2.05, 4.69) is 238 Å². The van der Waals surface area contributed by atoms with Crippen molar-refractivity contribution in [3.05, 3.63) is 258 Å². The van der Waals surface area contributed by atoms with Crippen LogP contribution < -0.4 is 14.5 Å². The van der Waals surface area contributed by atoms with Gasteiger partial charge in [0.1, 0.15) is 23.5 Å². The van der Waals surface area contributed by atoms with Gasteiger partial charge < -0.3 is 19.0 Å². The summed E-state index contributed by atoms with van der Waals surface area (Å²) < 4.78 is 13.0. The third-order valence-corrected chi connectivity index (χ3v) is 14.9. The Morgan fingerprint density at radius 3 is 1.58 bits per heavy atom. The molecule has 0 saturated heterocycles. The molecule has 0 amide bonds. The van der Waals surface area contributed by atoms with Crippen LogP contribution in [0, 0.1) is 27.7 Å². The number of anilines is 6. The van der Waals surface area contributed by atoms with Crippen LogP contribution in [-0.4, -0.2) is 6.61 Å². The molecule has 1 aromatic heterocycles. The van der Waals surface area contributed by atoms with Gasteiger partial charge in [0.15, 0.2) is 0 Å². The SMILES string of the molecule is C=C1/C=C\C=C(\c2cc(C)c(N(c3ccccc3)c3ccc4ccc5c(N(c6ccccc6)c6c(C)cc(-c7cccc8c7oc7ccccc78)cc6C)ccc6ccc3c4c65)c(C)c2)COc2ccccc21. The van der Waals surface area contributed by atoms with E-state index in [1.54, 1.807) is 0 Å². The minimum atomic E-state index is 0.443. The Balaban J connectivity index is 0.957. The van der Waals surface area contributed by atoms with E-state index in [-0.39, 0.29) is 0 Å². The molecule has 0 aliphatic carbocycles. The Bertz CT molecular complexity index is 4170. The first-order valence-corrected chi connectivity index (χ1v) is 25.1. The normalized spacial score (nSPS) is 13.9. The Morgan fingerprint density at radius 2 is 0.959 bits per heavy atom. The number of fused-ring (bicyclic) bond motifs is 4. The number of ether oxygens (including phenoxy) is 1. The van der Waals surface area contributed by atoms with E-state index in [0.29, 0.717) is 6.61 Å². The zero-order valence-electron chi connectivity index (χ0n) is 41.4. The van der Waals surface area contributed by atoms with Gasteiger partial charge in [0.05, 0.1) is 22.7 Å². The Hall–Kier alpha value is -9.12. The topological polar surface area (TPSA) is 28.9 Å². The zero-order valence-corrected chi connectivity index (χ0v) is 41.4. The van der Waals surface area contributed by atoms with E-state index in [9.17, 15) is 0 Å². The average Bonchev–Trinajstić information content (AvgIpc) is 3.83. The number of rotatable bonds is 8. The van der Waals surface area contributed by atoms with Gasteiger partial charge in [-0.1, -0.05) is 152 Å². The van der Waals surface area contributed by atoms with Crippen molar-refractivity contribution >= 4 is 99.5 Å². The van der Waals surface area contributed by atoms with E-state index in [1.165, 1.54) is 54.6 Å². The van der Waals surface area contributed by atoms with Crippen LogP contribution in [-0.2, 0) is 0 Å². The first-order chi connectivity index (χ1) is 35.8. The molecule has 350 valence electrons. The highest BCUT2D eigenvalue weighted by Gasteiger charge is 2.26. The van der Waals surface area contributed by atoms with Crippen LogP contribution in [0.4, 0.5) is 34.1 Å². The largest absolute Gasteiger partial charge is 0.488 e. The quantitative estimate of drug-likeness (QED) is 0.142. The summed E-state index contributed by atoms with van der Waals surface area (Å²) in [6, 6.07) is 72.4. The van der Waals surface area contributed by atoms with Crippen molar-refractivity contribution < 1.29 is 9.15 Å². The fourth-order valence-corrected chi connectivity index (χ4v) is 11.6. The second kappa shape index (κ2) is 17.6. The van der Waals surface area contributed by atoms with Crippen molar-refractivity contribution in [1.29, 1.82) is 0 Å². The fraction of sp³-hybridized carbons (Fsp3) is 0.0725. The Kier molecular flexibility index (Phi) is 10.6. The first kappa shape index (κ1) is 43.9. The number of allylic oxidation sites excluding steroid dienone is 4. The number of aryl methyl sites for hydroxylation is 4. The van der Waals surface area contributed by atoms with Gasteiger partial charge in [-0.3, -0.25) is 0 Å². The van der Waals surface area contributed by atoms with Gasteiger partial charge in [-0.15, -0.1) is 0 Å². The second-order valence-electron chi connectivity index (χ2n) is 19.5. The van der Waals surface area contributed by atoms with Crippen LogP contribution >= 0.6 is 0 Å². The monoisotopic (exact) mass is 940 g/mol. The maximum absolute atomic E-state index is 6.55. The molecule has 0 radical (unpaired) electrons. The van der Waals surface area contributed by atoms with Crippen LogP contribution in [0.3, 0.4) is 0 Å². The number of nitrogens with zero attached hydrogens (tertiary/aromatic N) is 2. The molecule has 0 N–H and O–H groups in total. The Labute approximate surface area is 426 Å². The van der Waals surface area contributed by atoms with E-state index in [0.717, 1.165) is 95.2 Å². The van der Waals surface area contributed by atoms with Gasteiger partial charge in [-0.2, -0.15) is 0 Å². The van der Waals surface area contributed by atoms with E-state index in [1.807, 2.05) is 24.3 Å². The van der Waals surface area contributed by atoms with Gasteiger partial charge in [0, 0.05) is 44.0 Å². The number of para-hydroxylation sites is 5. The molecule has 12 aromatic rings. The summed E-state index contributed by atoms with van der Waals surface area (Å²) in [4.78, 5) is 4.93. The maximum atomic E-state index is 6.55. The lowest BCUT2D eigenvalue weighted by Gasteiger charge is -2.32. The first-order valence-electron chi connectivity index (χ1n) is 25.1. The molecule has 4 heteroatoms. The fourth-order valence-electron chi connectivity index (χ4n) is 11.6. The Morgan fingerprint density at radius 1 is 0.452 bits per heavy atom. The summed E-state index contributed by atoms with van der Waals surface area (Å²) >= 11 is 0. The number of benzene rings is 11. The van der Waals surface area contributed by atoms with Gasteiger partial charge in [-0.05, 0) is 167 Å². The molecule has 0 unspecified atom stereocenters. The molecule has 73 heavy (non-hydrogen) atoms. The van der Waals surface area contributed by atoms with E-state index >= 15 is 0 Å². The van der Waals surface area contributed by atoms with Crippen LogP contribution in [0.15, 0.2) is 229 Å². The number of hydrogen-bond acceptors (Lipinski definition) is 4. The lowest BCUT2D eigenvalue weighted by atomic mass is 9.91. The summed E-state index contributed by atoms with van der Waals surface area (Å²) in [6.07, 6.45) is 6.33. The summed E-state index contributed by atoms with van der Waals surface area (Å²) in [5, 5.41) is 9.57. The average molecular weight is 941 g/mol. The minimum absolute atomic E-state index is 0.443. The molecular formula is C69H52N2O2. The van der Waals surface area contributed by atoms with Crippen LogP contribution in [0.25, 0.3) is 76.5 Å². The molecule has 0 saturated carbocycles. The third kappa shape index (κ3) is 7.37. The molecule has 0 atom stereocenters. The lowest BCUT2D eigenvalue weighted by Crippen LogP contribution is -2.14.